The molecule has 1 N–H and O–H groups in total. The van der Waals surface area contributed by atoms with Crippen LogP contribution in [0.4, 0.5) is 0 Å². The van der Waals surface area contributed by atoms with Gasteiger partial charge in [-0.05, 0) is 82.7 Å². The molecule has 264 valence electrons. The van der Waals surface area contributed by atoms with E-state index >= 15 is 0 Å². The minimum absolute atomic E-state index is 0.0176. The normalized spacial score (nSPS) is 19.2. The molecular weight excluding hydrogens is 562 g/mol. The van der Waals surface area contributed by atoms with Crippen LogP contribution >= 0.6 is 0 Å². The minimum Gasteiger partial charge on any atom is -0.466 e. The number of esters is 2. The van der Waals surface area contributed by atoms with Crippen molar-refractivity contribution in [3.05, 3.63) is 0 Å². The summed E-state index contributed by atoms with van der Waals surface area (Å²) in [5.41, 5.74) is 0. The molecular formula is C39H73NO5. The summed E-state index contributed by atoms with van der Waals surface area (Å²) in [5, 5.41) is 9.48. The van der Waals surface area contributed by atoms with E-state index in [1.807, 2.05) is 0 Å². The molecule has 0 aromatic carbocycles. The van der Waals surface area contributed by atoms with Crippen LogP contribution in [-0.2, 0) is 19.1 Å². The van der Waals surface area contributed by atoms with Gasteiger partial charge in [-0.25, -0.2) is 0 Å². The fraction of sp³-hybridized carbons (Fsp3) is 0.949. The van der Waals surface area contributed by atoms with Crippen molar-refractivity contribution in [3.8, 4) is 0 Å². The maximum Gasteiger partial charge on any atom is 0.306 e. The third kappa shape index (κ3) is 21.4. The number of aliphatic hydroxyl groups excluding tert-OH is 1. The van der Waals surface area contributed by atoms with Crippen molar-refractivity contribution in [2.24, 2.45) is 11.8 Å². The maximum atomic E-state index is 12.4. The number of aliphatic hydroxyl groups is 1. The number of hydrogen-bond donors (Lipinski definition) is 1. The molecule has 0 radical (unpaired) electrons. The first kappa shape index (κ1) is 40.0. The minimum atomic E-state index is -0.0306. The van der Waals surface area contributed by atoms with E-state index in [9.17, 15) is 14.7 Å². The summed E-state index contributed by atoms with van der Waals surface area (Å²) >= 11 is 0. The molecule has 0 aromatic heterocycles. The van der Waals surface area contributed by atoms with Crippen LogP contribution in [0.3, 0.4) is 0 Å². The van der Waals surface area contributed by atoms with Crippen molar-refractivity contribution in [2.75, 3.05) is 32.8 Å². The summed E-state index contributed by atoms with van der Waals surface area (Å²) < 4.78 is 11.2. The first-order valence-electron chi connectivity index (χ1n) is 19.8. The highest BCUT2D eigenvalue weighted by molar-refractivity contribution is 5.69. The number of nitrogens with zero attached hydrogens (tertiary/aromatic N) is 1. The van der Waals surface area contributed by atoms with Crippen molar-refractivity contribution < 1.29 is 24.2 Å². The summed E-state index contributed by atoms with van der Waals surface area (Å²) in [7, 11) is 0. The van der Waals surface area contributed by atoms with E-state index in [2.05, 4.69) is 11.8 Å². The molecule has 0 amide bonds. The van der Waals surface area contributed by atoms with Crippen molar-refractivity contribution in [1.29, 1.82) is 0 Å². The van der Waals surface area contributed by atoms with E-state index in [0.717, 1.165) is 102 Å². The van der Waals surface area contributed by atoms with E-state index in [-0.39, 0.29) is 24.6 Å². The Morgan fingerprint density at radius 1 is 0.578 bits per heavy atom. The SMILES string of the molecule is CCCCCCCCCOC(=O)CCCCCCCN(CCO)CCCCCCCC(=O)OC1CCC(C2CCCCC2)CC1. The number of rotatable bonds is 28. The fourth-order valence-corrected chi connectivity index (χ4v) is 7.59. The highest BCUT2D eigenvalue weighted by atomic mass is 16.5. The highest BCUT2D eigenvalue weighted by Crippen LogP contribution is 2.39. The largest absolute Gasteiger partial charge is 0.466 e. The van der Waals surface area contributed by atoms with Crippen LogP contribution in [-0.4, -0.2) is 60.9 Å². The number of ether oxygens (including phenoxy) is 2. The summed E-state index contributed by atoms with van der Waals surface area (Å²) in [4.78, 5) is 26.7. The zero-order valence-electron chi connectivity index (χ0n) is 29.6. The average Bonchev–Trinajstić information content (AvgIpc) is 3.05. The maximum absolute atomic E-state index is 12.4. The third-order valence-electron chi connectivity index (χ3n) is 10.5. The predicted molar refractivity (Wildman–Crippen MR) is 186 cm³/mol. The number of hydrogen-bond acceptors (Lipinski definition) is 6. The van der Waals surface area contributed by atoms with Crippen LogP contribution in [0.5, 0.6) is 0 Å². The van der Waals surface area contributed by atoms with Crippen LogP contribution in [0.1, 0.15) is 187 Å². The van der Waals surface area contributed by atoms with E-state index in [0.29, 0.717) is 19.4 Å². The van der Waals surface area contributed by atoms with E-state index in [4.69, 9.17) is 9.47 Å². The van der Waals surface area contributed by atoms with E-state index < -0.39 is 0 Å². The topological polar surface area (TPSA) is 76.1 Å². The third-order valence-corrected chi connectivity index (χ3v) is 10.5. The Labute approximate surface area is 278 Å². The van der Waals surface area contributed by atoms with Crippen molar-refractivity contribution in [3.63, 3.8) is 0 Å². The number of carbonyl (C=O) groups excluding carboxylic acids is 2. The molecule has 2 aliphatic carbocycles. The molecule has 0 spiro atoms. The lowest BCUT2D eigenvalue weighted by molar-refractivity contribution is -0.151. The van der Waals surface area contributed by atoms with E-state index in [1.165, 1.54) is 96.3 Å². The zero-order chi connectivity index (χ0) is 32.2. The summed E-state index contributed by atoms with van der Waals surface area (Å²) in [6.07, 6.45) is 32.8. The van der Waals surface area contributed by atoms with Gasteiger partial charge in [-0.15, -0.1) is 0 Å². The molecule has 0 saturated heterocycles. The van der Waals surface area contributed by atoms with Crippen LogP contribution in [0.25, 0.3) is 0 Å². The smallest absolute Gasteiger partial charge is 0.306 e. The molecule has 0 bridgehead atoms. The summed E-state index contributed by atoms with van der Waals surface area (Å²) in [5.74, 6) is 1.81. The second kappa shape index (κ2) is 27.9. The Hall–Kier alpha value is -1.14. The monoisotopic (exact) mass is 636 g/mol. The summed E-state index contributed by atoms with van der Waals surface area (Å²) in [6.45, 7) is 5.86. The van der Waals surface area contributed by atoms with Gasteiger partial charge >= 0.3 is 11.9 Å². The van der Waals surface area contributed by atoms with Crippen LogP contribution < -0.4 is 0 Å². The molecule has 0 aliphatic heterocycles. The lowest BCUT2D eigenvalue weighted by atomic mass is 9.73. The van der Waals surface area contributed by atoms with Gasteiger partial charge in [0.05, 0.1) is 13.2 Å². The average molecular weight is 636 g/mol. The van der Waals surface area contributed by atoms with Gasteiger partial charge < -0.3 is 19.5 Å². The molecule has 0 aromatic rings. The fourth-order valence-electron chi connectivity index (χ4n) is 7.59. The second-order valence-electron chi connectivity index (χ2n) is 14.4. The van der Waals surface area contributed by atoms with Gasteiger partial charge in [0.15, 0.2) is 0 Å². The molecule has 6 heteroatoms. The van der Waals surface area contributed by atoms with Gasteiger partial charge in [-0.1, -0.05) is 116 Å². The van der Waals surface area contributed by atoms with Gasteiger partial charge in [0.2, 0.25) is 0 Å². The highest BCUT2D eigenvalue weighted by Gasteiger charge is 2.29. The van der Waals surface area contributed by atoms with Crippen LogP contribution in [0.15, 0.2) is 0 Å². The first-order valence-corrected chi connectivity index (χ1v) is 19.8. The molecule has 6 nitrogen and oxygen atoms in total. The molecule has 2 saturated carbocycles. The Kier molecular flexibility index (Phi) is 24.8. The number of unbranched alkanes of at least 4 members (excludes halogenated alkanes) is 14. The quantitative estimate of drug-likeness (QED) is 0.0681. The molecule has 2 aliphatic rings. The molecule has 0 atom stereocenters. The van der Waals surface area contributed by atoms with E-state index in [1.54, 1.807) is 0 Å². The lowest BCUT2D eigenvalue weighted by Gasteiger charge is -2.35. The Morgan fingerprint density at radius 2 is 1.09 bits per heavy atom. The summed E-state index contributed by atoms with van der Waals surface area (Å²) in [6, 6.07) is 0. The zero-order valence-corrected chi connectivity index (χ0v) is 29.6. The van der Waals surface area contributed by atoms with Crippen molar-refractivity contribution in [2.45, 2.75) is 193 Å². The van der Waals surface area contributed by atoms with Crippen LogP contribution in [0, 0.1) is 11.8 Å². The van der Waals surface area contributed by atoms with Gasteiger partial charge in [-0.3, -0.25) is 9.59 Å². The Morgan fingerprint density at radius 3 is 1.69 bits per heavy atom. The van der Waals surface area contributed by atoms with Crippen molar-refractivity contribution >= 4 is 11.9 Å². The first-order chi connectivity index (χ1) is 22.1. The number of carbonyl (C=O) groups is 2. The Bertz CT molecular complexity index is 702. The van der Waals surface area contributed by atoms with Crippen molar-refractivity contribution in [1.82, 2.24) is 4.90 Å². The lowest BCUT2D eigenvalue weighted by Crippen LogP contribution is -2.29. The molecule has 0 unspecified atom stereocenters. The molecule has 0 heterocycles. The Balaban J connectivity index is 1.36. The predicted octanol–water partition coefficient (Wildman–Crippen LogP) is 9.94. The van der Waals surface area contributed by atoms with Gasteiger partial charge in [0.25, 0.3) is 0 Å². The van der Waals surface area contributed by atoms with Crippen LogP contribution in [0.2, 0.25) is 0 Å². The van der Waals surface area contributed by atoms with Gasteiger partial charge in [-0.2, -0.15) is 0 Å². The van der Waals surface area contributed by atoms with Gasteiger partial charge in [0.1, 0.15) is 6.10 Å². The molecule has 2 rings (SSSR count). The second-order valence-corrected chi connectivity index (χ2v) is 14.4. The molecule has 2 fully saturated rings. The van der Waals surface area contributed by atoms with Gasteiger partial charge in [0, 0.05) is 19.4 Å². The standard InChI is InChI=1S/C39H73NO5/c1-2-3-4-5-6-13-21-34-44-38(42)24-17-9-7-11-19-30-40(32-33-41)31-20-12-8-10-18-25-39(43)45-37-28-26-36(27-29-37)35-22-15-14-16-23-35/h35-37,41H,2-34H2,1H3. The molecule has 45 heavy (non-hydrogen) atoms.